The molecule has 82 valence electrons. The van der Waals surface area contributed by atoms with E-state index in [0.717, 1.165) is 12.0 Å². The van der Waals surface area contributed by atoms with Crippen molar-refractivity contribution < 1.29 is 9.53 Å². The van der Waals surface area contributed by atoms with E-state index in [1.165, 1.54) is 0 Å². The first kappa shape index (κ1) is 10.3. The van der Waals surface area contributed by atoms with Gasteiger partial charge in [-0.25, -0.2) is 0 Å². The lowest BCUT2D eigenvalue weighted by atomic mass is 10.1. The number of nitrogens with zero attached hydrogens (tertiary/aromatic N) is 2. The minimum absolute atomic E-state index is 0.0467. The molecule has 2 heterocycles. The summed E-state index contributed by atoms with van der Waals surface area (Å²) in [5.41, 5.74) is 6.68. The van der Waals surface area contributed by atoms with E-state index in [1.54, 1.807) is 11.1 Å². The highest BCUT2D eigenvalue weighted by Gasteiger charge is 2.19. The van der Waals surface area contributed by atoms with Crippen LogP contribution in [0.15, 0.2) is 16.6 Å². The van der Waals surface area contributed by atoms with Crippen LogP contribution in [0.3, 0.4) is 0 Å². The van der Waals surface area contributed by atoms with Gasteiger partial charge in [0, 0.05) is 25.7 Å². The Morgan fingerprint density at radius 1 is 1.67 bits per heavy atom. The van der Waals surface area contributed by atoms with Crippen LogP contribution in [-0.2, 0) is 9.53 Å². The fourth-order valence-corrected chi connectivity index (χ4v) is 1.62. The maximum absolute atomic E-state index is 11.4. The summed E-state index contributed by atoms with van der Waals surface area (Å²) in [5.74, 6) is 0.0467. The minimum atomic E-state index is -0.117. The lowest BCUT2D eigenvalue weighted by Crippen LogP contribution is -2.42. The van der Waals surface area contributed by atoms with E-state index in [-0.39, 0.29) is 18.7 Å². The van der Waals surface area contributed by atoms with Crippen LogP contribution in [0.2, 0.25) is 0 Å². The van der Waals surface area contributed by atoms with E-state index in [0.29, 0.717) is 19.7 Å². The molecule has 1 atom stereocenters. The van der Waals surface area contributed by atoms with E-state index < -0.39 is 0 Å². The molecule has 5 nitrogen and oxygen atoms in total. The van der Waals surface area contributed by atoms with Crippen molar-refractivity contribution in [1.29, 1.82) is 0 Å². The third kappa shape index (κ3) is 2.64. The molecule has 1 unspecified atom stereocenters. The molecule has 1 fully saturated rings. The number of carbonyl (C=O) groups is 1. The average Bonchev–Trinajstić information content (AvgIpc) is 2.25. The molecule has 5 heteroatoms. The van der Waals surface area contributed by atoms with Gasteiger partial charge in [-0.2, -0.15) is 0 Å². The normalized spacial score (nSPS) is 26.7. The summed E-state index contributed by atoms with van der Waals surface area (Å²) in [6.45, 7) is 2.11. The highest BCUT2D eigenvalue weighted by molar-refractivity contribution is 5.83. The number of ether oxygens (including phenoxy) is 1. The molecule has 2 rings (SSSR count). The summed E-state index contributed by atoms with van der Waals surface area (Å²) in [7, 11) is 0. The lowest BCUT2D eigenvalue weighted by molar-refractivity contribution is -0.141. The standard InChI is InChI=1S/C10H15N3O2/c11-9-2-1-8(5-12-9)6-13-3-4-15-7-10(13)14/h1,5,9H,2-4,6-7,11H2. The Hall–Kier alpha value is -1.20. The van der Waals surface area contributed by atoms with Crippen LogP contribution in [-0.4, -0.2) is 49.5 Å². The van der Waals surface area contributed by atoms with Crippen molar-refractivity contribution in [3.8, 4) is 0 Å². The van der Waals surface area contributed by atoms with Gasteiger partial charge in [0.1, 0.15) is 12.8 Å². The molecule has 15 heavy (non-hydrogen) atoms. The fraction of sp³-hybridized carbons (Fsp3) is 0.600. The molecule has 0 aliphatic carbocycles. The first-order chi connectivity index (χ1) is 7.25. The van der Waals surface area contributed by atoms with Crippen molar-refractivity contribution in [3.05, 3.63) is 11.6 Å². The smallest absolute Gasteiger partial charge is 0.248 e. The summed E-state index contributed by atoms with van der Waals surface area (Å²) in [6.07, 6.45) is 4.44. The van der Waals surface area contributed by atoms with E-state index in [1.807, 2.05) is 6.08 Å². The molecular formula is C10H15N3O2. The van der Waals surface area contributed by atoms with Crippen LogP contribution in [0.4, 0.5) is 0 Å². The first-order valence-corrected chi connectivity index (χ1v) is 5.09. The van der Waals surface area contributed by atoms with E-state index >= 15 is 0 Å². The van der Waals surface area contributed by atoms with Crippen LogP contribution >= 0.6 is 0 Å². The van der Waals surface area contributed by atoms with E-state index in [2.05, 4.69) is 4.99 Å². The Kier molecular flexibility index (Phi) is 3.13. The van der Waals surface area contributed by atoms with Crippen LogP contribution < -0.4 is 5.73 Å². The van der Waals surface area contributed by atoms with E-state index in [9.17, 15) is 4.79 Å². The van der Waals surface area contributed by atoms with Crippen molar-refractivity contribution in [3.63, 3.8) is 0 Å². The number of hydrogen-bond acceptors (Lipinski definition) is 4. The predicted octanol–water partition coefficient (Wildman–Crippen LogP) is -0.469. The largest absolute Gasteiger partial charge is 0.370 e. The molecule has 2 aliphatic rings. The van der Waals surface area contributed by atoms with Crippen molar-refractivity contribution >= 4 is 12.1 Å². The number of morpholine rings is 1. The molecule has 2 N–H and O–H groups in total. The number of nitrogens with two attached hydrogens (primary N) is 1. The van der Waals surface area contributed by atoms with Crippen LogP contribution in [0.5, 0.6) is 0 Å². The van der Waals surface area contributed by atoms with Crippen molar-refractivity contribution in [2.24, 2.45) is 10.7 Å². The van der Waals surface area contributed by atoms with E-state index in [4.69, 9.17) is 10.5 Å². The summed E-state index contributed by atoms with van der Waals surface area (Å²) in [6, 6.07) is 0. The molecule has 0 bridgehead atoms. The predicted molar refractivity (Wildman–Crippen MR) is 56.6 cm³/mol. The molecule has 0 aromatic rings. The molecule has 0 spiro atoms. The molecule has 0 aromatic heterocycles. The molecule has 1 amide bonds. The first-order valence-electron chi connectivity index (χ1n) is 5.09. The van der Waals surface area contributed by atoms with Gasteiger partial charge < -0.3 is 15.4 Å². The van der Waals surface area contributed by atoms with Crippen LogP contribution in [0.25, 0.3) is 0 Å². The van der Waals surface area contributed by atoms with Gasteiger partial charge in [-0.1, -0.05) is 6.08 Å². The Bertz CT molecular complexity index is 312. The second-order valence-electron chi connectivity index (χ2n) is 3.73. The fourth-order valence-electron chi connectivity index (χ4n) is 1.62. The number of rotatable bonds is 2. The number of aliphatic imine (C=N–C) groups is 1. The molecule has 0 radical (unpaired) electrons. The average molecular weight is 209 g/mol. The summed E-state index contributed by atoms with van der Waals surface area (Å²) in [5, 5.41) is 0. The second-order valence-corrected chi connectivity index (χ2v) is 3.73. The van der Waals surface area contributed by atoms with Crippen LogP contribution in [0.1, 0.15) is 6.42 Å². The van der Waals surface area contributed by atoms with Gasteiger partial charge in [-0.3, -0.25) is 9.79 Å². The monoisotopic (exact) mass is 209 g/mol. The number of carbonyl (C=O) groups excluding carboxylic acids is 1. The summed E-state index contributed by atoms with van der Waals surface area (Å²) in [4.78, 5) is 17.3. The second kappa shape index (κ2) is 4.55. The Balaban J connectivity index is 1.91. The third-order valence-electron chi connectivity index (χ3n) is 2.51. The zero-order chi connectivity index (χ0) is 10.7. The Morgan fingerprint density at radius 3 is 3.20 bits per heavy atom. The Labute approximate surface area is 88.6 Å². The molecule has 0 aromatic carbocycles. The highest BCUT2D eigenvalue weighted by atomic mass is 16.5. The van der Waals surface area contributed by atoms with Gasteiger partial charge in [0.15, 0.2) is 0 Å². The molecule has 1 saturated heterocycles. The van der Waals surface area contributed by atoms with Gasteiger partial charge in [-0.15, -0.1) is 0 Å². The SMILES string of the molecule is NC1CC=C(CN2CCOCC2=O)C=N1. The van der Waals surface area contributed by atoms with Gasteiger partial charge in [0.05, 0.1) is 6.61 Å². The van der Waals surface area contributed by atoms with Gasteiger partial charge >= 0.3 is 0 Å². The highest BCUT2D eigenvalue weighted by Crippen LogP contribution is 2.08. The zero-order valence-electron chi connectivity index (χ0n) is 8.56. The van der Waals surface area contributed by atoms with Crippen LogP contribution in [0, 0.1) is 0 Å². The summed E-state index contributed by atoms with van der Waals surface area (Å²) >= 11 is 0. The molecule has 0 saturated carbocycles. The zero-order valence-corrected chi connectivity index (χ0v) is 8.56. The molecular weight excluding hydrogens is 194 g/mol. The third-order valence-corrected chi connectivity index (χ3v) is 2.51. The van der Waals surface area contributed by atoms with Gasteiger partial charge in [0.2, 0.25) is 5.91 Å². The van der Waals surface area contributed by atoms with Gasteiger partial charge in [-0.05, 0) is 5.57 Å². The molecule has 2 aliphatic heterocycles. The van der Waals surface area contributed by atoms with Crippen molar-refractivity contribution in [2.45, 2.75) is 12.6 Å². The van der Waals surface area contributed by atoms with Crippen molar-refractivity contribution in [2.75, 3.05) is 26.3 Å². The minimum Gasteiger partial charge on any atom is -0.370 e. The maximum atomic E-state index is 11.4. The number of hydrogen-bond donors (Lipinski definition) is 1. The number of dihydropyridines is 1. The lowest BCUT2D eigenvalue weighted by Gasteiger charge is -2.27. The quantitative estimate of drug-likeness (QED) is 0.668. The van der Waals surface area contributed by atoms with Gasteiger partial charge in [0.25, 0.3) is 0 Å². The number of amides is 1. The summed E-state index contributed by atoms with van der Waals surface area (Å²) < 4.78 is 5.05. The topological polar surface area (TPSA) is 67.9 Å². The maximum Gasteiger partial charge on any atom is 0.248 e. The van der Waals surface area contributed by atoms with Crippen molar-refractivity contribution in [1.82, 2.24) is 4.90 Å². The Morgan fingerprint density at radius 2 is 2.53 bits per heavy atom.